The van der Waals surface area contributed by atoms with Crippen molar-refractivity contribution in [2.75, 3.05) is 26.0 Å². The molecule has 0 aliphatic carbocycles. The zero-order chi connectivity index (χ0) is 22.8. The number of sulfonamides is 1. The van der Waals surface area contributed by atoms with E-state index in [1.165, 1.54) is 49.7 Å². The number of hydrogen-bond acceptors (Lipinski definition) is 6. The van der Waals surface area contributed by atoms with E-state index in [4.69, 9.17) is 4.74 Å². The average molecular weight is 464 g/mol. The van der Waals surface area contributed by atoms with Crippen molar-refractivity contribution in [3.05, 3.63) is 58.9 Å². The highest BCUT2D eigenvalue weighted by atomic mass is 32.2. The van der Waals surface area contributed by atoms with Crippen molar-refractivity contribution >= 4 is 33.0 Å². The maximum absolute atomic E-state index is 13.2. The van der Waals surface area contributed by atoms with Crippen LogP contribution in [0.5, 0.6) is 5.75 Å². The van der Waals surface area contributed by atoms with Crippen molar-refractivity contribution in [1.29, 1.82) is 0 Å². The molecule has 1 aromatic heterocycles. The number of nitrogens with zero attached hydrogens (tertiary/aromatic N) is 2. The molecule has 0 radical (unpaired) electrons. The molecule has 0 unspecified atom stereocenters. The number of amides is 1. The molecule has 3 rings (SSSR count). The van der Waals surface area contributed by atoms with Gasteiger partial charge in [-0.05, 0) is 56.3 Å². The number of rotatable bonds is 7. The second-order valence-electron chi connectivity index (χ2n) is 6.78. The molecule has 0 saturated heterocycles. The van der Waals surface area contributed by atoms with Crippen LogP contribution in [0.2, 0.25) is 0 Å². The molecule has 0 spiro atoms. The fourth-order valence-corrected chi connectivity index (χ4v) is 4.79. The molecule has 0 saturated carbocycles. The van der Waals surface area contributed by atoms with E-state index < -0.39 is 15.9 Å². The van der Waals surface area contributed by atoms with Crippen LogP contribution in [0.4, 0.5) is 10.1 Å². The number of carbonyl (C=O) groups is 1. The summed E-state index contributed by atoms with van der Waals surface area (Å²) in [6, 6.07) is 10.3. The lowest BCUT2D eigenvalue weighted by Gasteiger charge is -2.16. The predicted octanol–water partition coefficient (Wildman–Crippen LogP) is 4.16. The Kier molecular flexibility index (Phi) is 6.73. The van der Waals surface area contributed by atoms with E-state index in [9.17, 15) is 17.6 Å². The van der Waals surface area contributed by atoms with Crippen molar-refractivity contribution in [2.45, 2.75) is 18.7 Å². The van der Waals surface area contributed by atoms with Crippen molar-refractivity contribution in [3.63, 3.8) is 0 Å². The lowest BCUT2D eigenvalue weighted by atomic mass is 10.2. The lowest BCUT2D eigenvalue weighted by Crippen LogP contribution is -2.23. The van der Waals surface area contributed by atoms with Crippen LogP contribution in [0, 0.1) is 12.7 Å². The van der Waals surface area contributed by atoms with Crippen LogP contribution in [0.15, 0.2) is 47.4 Å². The van der Waals surface area contributed by atoms with Gasteiger partial charge in [-0.15, -0.1) is 11.3 Å². The average Bonchev–Trinajstić information content (AvgIpc) is 3.11. The first kappa shape index (κ1) is 22.9. The van der Waals surface area contributed by atoms with Gasteiger partial charge in [0.2, 0.25) is 10.0 Å². The molecule has 0 bridgehead atoms. The van der Waals surface area contributed by atoms with Gasteiger partial charge in [0.25, 0.3) is 5.91 Å². The van der Waals surface area contributed by atoms with Gasteiger partial charge in [0, 0.05) is 25.3 Å². The molecule has 0 atom stereocenters. The zero-order valence-corrected chi connectivity index (χ0v) is 19.1. The number of aromatic nitrogens is 1. The predicted molar refractivity (Wildman–Crippen MR) is 119 cm³/mol. The Hall–Kier alpha value is -2.82. The Morgan fingerprint density at radius 3 is 2.48 bits per heavy atom. The van der Waals surface area contributed by atoms with E-state index in [-0.39, 0.29) is 16.5 Å². The number of carbonyl (C=O) groups excluding carboxylic acids is 1. The normalized spacial score (nSPS) is 11.5. The summed E-state index contributed by atoms with van der Waals surface area (Å²) in [5.41, 5.74) is 1.54. The van der Waals surface area contributed by atoms with E-state index in [0.29, 0.717) is 33.4 Å². The van der Waals surface area contributed by atoms with Gasteiger partial charge in [0.15, 0.2) is 0 Å². The minimum absolute atomic E-state index is 0.0369. The Bertz CT molecular complexity index is 1210. The highest BCUT2D eigenvalue weighted by Crippen LogP contribution is 2.31. The number of aryl methyl sites for hydroxylation is 1. The summed E-state index contributed by atoms with van der Waals surface area (Å²) in [5, 5.41) is 3.31. The second kappa shape index (κ2) is 9.13. The smallest absolute Gasteiger partial charge is 0.267 e. The summed E-state index contributed by atoms with van der Waals surface area (Å²) < 4.78 is 45.0. The summed E-state index contributed by atoms with van der Waals surface area (Å²) in [5.74, 6) is -0.559. The second-order valence-corrected chi connectivity index (χ2v) is 9.90. The third kappa shape index (κ3) is 4.92. The first-order chi connectivity index (χ1) is 14.6. The van der Waals surface area contributed by atoms with E-state index in [2.05, 4.69) is 10.3 Å². The fraction of sp³-hybridized carbons (Fsp3) is 0.238. The number of nitrogens with one attached hydrogen (secondary N) is 1. The molecule has 0 fully saturated rings. The summed E-state index contributed by atoms with van der Waals surface area (Å²) in [6.07, 6.45) is 0. The van der Waals surface area contributed by atoms with Crippen molar-refractivity contribution < 1.29 is 22.3 Å². The summed E-state index contributed by atoms with van der Waals surface area (Å²) in [6.45, 7) is 3.76. The van der Waals surface area contributed by atoms with Gasteiger partial charge in [-0.2, -0.15) is 0 Å². The SMILES string of the molecule is CCOc1ccc(NC(=O)c2sc(-c3ccc(F)cc3)nc2C)cc1S(=O)(=O)N(C)C. The first-order valence-electron chi connectivity index (χ1n) is 9.37. The molecule has 31 heavy (non-hydrogen) atoms. The Labute approximate surface area is 184 Å². The van der Waals surface area contributed by atoms with E-state index in [0.717, 1.165) is 4.31 Å². The molecule has 164 valence electrons. The van der Waals surface area contributed by atoms with Gasteiger partial charge in [-0.1, -0.05) is 0 Å². The summed E-state index contributed by atoms with van der Waals surface area (Å²) in [4.78, 5) is 17.6. The largest absolute Gasteiger partial charge is 0.492 e. The monoisotopic (exact) mass is 463 g/mol. The molecular formula is C21H22FN3O4S2. The summed E-state index contributed by atoms with van der Waals surface area (Å²) >= 11 is 1.17. The maximum atomic E-state index is 13.2. The minimum Gasteiger partial charge on any atom is -0.492 e. The van der Waals surface area contributed by atoms with Crippen LogP contribution in [-0.4, -0.2) is 44.3 Å². The third-order valence-corrected chi connectivity index (χ3v) is 7.40. The number of ether oxygens (including phenoxy) is 1. The molecule has 10 heteroatoms. The van der Waals surface area contributed by atoms with Crippen molar-refractivity contribution in [3.8, 4) is 16.3 Å². The zero-order valence-electron chi connectivity index (χ0n) is 17.5. The van der Waals surface area contributed by atoms with Crippen LogP contribution in [0.25, 0.3) is 10.6 Å². The van der Waals surface area contributed by atoms with Crippen molar-refractivity contribution in [2.24, 2.45) is 0 Å². The number of thiazole rings is 1. The van der Waals surface area contributed by atoms with Gasteiger partial charge in [-0.3, -0.25) is 4.79 Å². The molecule has 0 aliphatic heterocycles. The number of hydrogen-bond donors (Lipinski definition) is 1. The molecule has 1 heterocycles. The van der Waals surface area contributed by atoms with Crippen LogP contribution in [0.3, 0.4) is 0 Å². The van der Waals surface area contributed by atoms with Crippen molar-refractivity contribution in [1.82, 2.24) is 9.29 Å². The molecule has 2 aromatic carbocycles. The first-order valence-corrected chi connectivity index (χ1v) is 11.6. The van der Waals surface area contributed by atoms with E-state index in [1.807, 2.05) is 0 Å². The van der Waals surface area contributed by atoms with E-state index >= 15 is 0 Å². The van der Waals surface area contributed by atoms with Gasteiger partial charge in [0.05, 0.1) is 12.3 Å². The van der Waals surface area contributed by atoms with E-state index in [1.54, 1.807) is 32.0 Å². The van der Waals surface area contributed by atoms with Gasteiger partial charge < -0.3 is 10.1 Å². The quantitative estimate of drug-likeness (QED) is 0.568. The Morgan fingerprint density at radius 1 is 1.19 bits per heavy atom. The fourth-order valence-electron chi connectivity index (χ4n) is 2.77. The minimum atomic E-state index is -3.78. The number of benzene rings is 2. The topological polar surface area (TPSA) is 88.6 Å². The summed E-state index contributed by atoms with van der Waals surface area (Å²) in [7, 11) is -0.930. The molecule has 3 aromatic rings. The van der Waals surface area contributed by atoms with Gasteiger partial charge in [0.1, 0.15) is 26.3 Å². The Balaban J connectivity index is 1.91. The van der Waals surface area contributed by atoms with Crippen LogP contribution in [-0.2, 0) is 10.0 Å². The molecule has 0 aliphatic rings. The molecular weight excluding hydrogens is 441 g/mol. The highest BCUT2D eigenvalue weighted by molar-refractivity contribution is 7.89. The van der Waals surface area contributed by atoms with Crippen LogP contribution >= 0.6 is 11.3 Å². The van der Waals surface area contributed by atoms with Gasteiger partial charge >= 0.3 is 0 Å². The van der Waals surface area contributed by atoms with Crippen LogP contribution < -0.4 is 10.1 Å². The molecule has 1 N–H and O–H groups in total. The lowest BCUT2D eigenvalue weighted by molar-refractivity contribution is 0.102. The standard InChI is InChI=1S/C21H22FN3O4S2/c1-5-29-17-11-10-16(12-18(17)31(27,28)25(3)4)24-20(26)19-13(2)23-21(30-19)14-6-8-15(22)9-7-14/h6-12H,5H2,1-4H3,(H,24,26). The molecule has 7 nitrogen and oxygen atoms in total. The molecule has 1 amide bonds. The highest BCUT2D eigenvalue weighted by Gasteiger charge is 2.24. The number of halogens is 1. The third-order valence-electron chi connectivity index (χ3n) is 4.35. The van der Waals surface area contributed by atoms with Gasteiger partial charge in [-0.25, -0.2) is 22.1 Å². The maximum Gasteiger partial charge on any atom is 0.267 e. The van der Waals surface area contributed by atoms with Crippen LogP contribution in [0.1, 0.15) is 22.3 Å². The number of anilines is 1. The Morgan fingerprint density at radius 2 is 1.87 bits per heavy atom.